The lowest BCUT2D eigenvalue weighted by Gasteiger charge is -2.20. The molecular weight excluding hydrogens is 198 g/mol. The molecule has 1 aliphatic carbocycles. The predicted octanol–water partition coefficient (Wildman–Crippen LogP) is 3.68. The standard InChI is InChI=1S/C14H23NO/c1-3-14-12(8-9-16-14)13(15-2)10-11-6-4-5-7-11/h8-9,11,13,15H,3-7,10H2,1-2H3. The molecule has 1 N–H and O–H groups in total. The molecule has 1 aromatic heterocycles. The third-order valence-corrected chi connectivity index (χ3v) is 3.87. The minimum Gasteiger partial charge on any atom is -0.469 e. The zero-order chi connectivity index (χ0) is 11.4. The van der Waals surface area contributed by atoms with Crippen LogP contribution in [-0.2, 0) is 6.42 Å². The van der Waals surface area contributed by atoms with Crippen LogP contribution in [0.5, 0.6) is 0 Å². The Balaban J connectivity index is 2.03. The minimum atomic E-state index is 0.483. The van der Waals surface area contributed by atoms with E-state index < -0.39 is 0 Å². The molecule has 0 aromatic carbocycles. The van der Waals surface area contributed by atoms with Gasteiger partial charge in [-0.15, -0.1) is 0 Å². The van der Waals surface area contributed by atoms with E-state index in [-0.39, 0.29) is 0 Å². The highest BCUT2D eigenvalue weighted by Gasteiger charge is 2.22. The van der Waals surface area contributed by atoms with Crippen molar-refractivity contribution in [2.24, 2.45) is 5.92 Å². The summed E-state index contributed by atoms with van der Waals surface area (Å²) in [6, 6.07) is 2.62. The summed E-state index contributed by atoms with van der Waals surface area (Å²) in [4.78, 5) is 0. The highest BCUT2D eigenvalue weighted by molar-refractivity contribution is 5.21. The third-order valence-electron chi connectivity index (χ3n) is 3.87. The Bertz CT molecular complexity index is 312. The van der Waals surface area contributed by atoms with Crippen molar-refractivity contribution >= 4 is 0 Å². The average molecular weight is 221 g/mol. The van der Waals surface area contributed by atoms with E-state index >= 15 is 0 Å². The Hall–Kier alpha value is -0.760. The first kappa shape index (κ1) is 11.7. The molecule has 1 atom stereocenters. The zero-order valence-electron chi connectivity index (χ0n) is 10.5. The number of hydrogen-bond donors (Lipinski definition) is 1. The van der Waals surface area contributed by atoms with Gasteiger partial charge >= 0.3 is 0 Å². The second-order valence-corrected chi connectivity index (χ2v) is 4.88. The summed E-state index contributed by atoms with van der Waals surface area (Å²) in [5.74, 6) is 2.06. The maximum absolute atomic E-state index is 5.52. The van der Waals surface area contributed by atoms with E-state index in [0.717, 1.165) is 18.1 Å². The maximum atomic E-state index is 5.52. The zero-order valence-corrected chi connectivity index (χ0v) is 10.5. The topological polar surface area (TPSA) is 25.2 Å². The molecule has 0 radical (unpaired) electrons. The third kappa shape index (κ3) is 2.49. The van der Waals surface area contributed by atoms with Gasteiger partial charge in [0.25, 0.3) is 0 Å². The van der Waals surface area contributed by atoms with Gasteiger partial charge in [-0.25, -0.2) is 0 Å². The van der Waals surface area contributed by atoms with Crippen molar-refractivity contribution in [1.29, 1.82) is 0 Å². The number of aryl methyl sites for hydroxylation is 1. The van der Waals surface area contributed by atoms with E-state index in [2.05, 4.69) is 25.4 Å². The molecule has 0 bridgehead atoms. The smallest absolute Gasteiger partial charge is 0.108 e. The van der Waals surface area contributed by atoms with E-state index in [1.807, 2.05) is 6.26 Å². The molecule has 16 heavy (non-hydrogen) atoms. The van der Waals surface area contributed by atoms with E-state index in [1.165, 1.54) is 37.7 Å². The fourth-order valence-electron chi connectivity index (χ4n) is 2.93. The van der Waals surface area contributed by atoms with Crippen LogP contribution in [-0.4, -0.2) is 7.05 Å². The summed E-state index contributed by atoms with van der Waals surface area (Å²) >= 11 is 0. The molecule has 1 heterocycles. The molecule has 0 aliphatic heterocycles. The molecule has 1 unspecified atom stereocenters. The minimum absolute atomic E-state index is 0.483. The van der Waals surface area contributed by atoms with Crippen molar-refractivity contribution in [3.05, 3.63) is 23.7 Å². The summed E-state index contributed by atoms with van der Waals surface area (Å²) in [6.07, 6.45) is 9.76. The first-order valence-corrected chi connectivity index (χ1v) is 6.58. The Labute approximate surface area is 98.4 Å². The van der Waals surface area contributed by atoms with Crippen molar-refractivity contribution in [3.63, 3.8) is 0 Å². The van der Waals surface area contributed by atoms with Crippen LogP contribution in [0.25, 0.3) is 0 Å². The molecule has 1 aliphatic rings. The van der Waals surface area contributed by atoms with Crippen LogP contribution < -0.4 is 5.32 Å². The number of hydrogen-bond acceptors (Lipinski definition) is 2. The van der Waals surface area contributed by atoms with Crippen molar-refractivity contribution < 1.29 is 4.42 Å². The summed E-state index contributed by atoms with van der Waals surface area (Å²) in [7, 11) is 2.06. The summed E-state index contributed by atoms with van der Waals surface area (Å²) in [6.45, 7) is 2.16. The molecule has 90 valence electrons. The van der Waals surface area contributed by atoms with E-state index in [1.54, 1.807) is 0 Å². The van der Waals surface area contributed by atoms with E-state index in [0.29, 0.717) is 6.04 Å². The lowest BCUT2D eigenvalue weighted by Crippen LogP contribution is -2.19. The second kappa shape index (κ2) is 5.53. The van der Waals surface area contributed by atoms with Crippen molar-refractivity contribution in [3.8, 4) is 0 Å². The fourth-order valence-corrected chi connectivity index (χ4v) is 2.93. The largest absolute Gasteiger partial charge is 0.469 e. The van der Waals surface area contributed by atoms with Crippen molar-refractivity contribution in [2.75, 3.05) is 7.05 Å². The normalized spacial score (nSPS) is 19.1. The monoisotopic (exact) mass is 221 g/mol. The van der Waals surface area contributed by atoms with Crippen LogP contribution in [0.4, 0.5) is 0 Å². The molecule has 2 nitrogen and oxygen atoms in total. The number of furan rings is 1. The van der Waals surface area contributed by atoms with Crippen LogP contribution in [0.1, 0.15) is 56.4 Å². The molecule has 0 amide bonds. The van der Waals surface area contributed by atoms with Crippen molar-refractivity contribution in [1.82, 2.24) is 5.32 Å². The molecule has 0 spiro atoms. The number of rotatable bonds is 5. The SMILES string of the molecule is CCc1occc1C(CC1CCCC1)NC. The molecule has 2 rings (SSSR count). The van der Waals surface area contributed by atoms with Gasteiger partial charge in [0.2, 0.25) is 0 Å². The van der Waals surface area contributed by atoms with Crippen LogP contribution in [0.15, 0.2) is 16.7 Å². The Morgan fingerprint density at radius 3 is 2.81 bits per heavy atom. The fraction of sp³-hybridized carbons (Fsp3) is 0.714. The van der Waals surface area contributed by atoms with Crippen LogP contribution in [0.3, 0.4) is 0 Å². The predicted molar refractivity (Wildman–Crippen MR) is 66.5 cm³/mol. The van der Waals surface area contributed by atoms with Gasteiger partial charge in [0.15, 0.2) is 0 Å². The van der Waals surface area contributed by atoms with Gasteiger partial charge in [-0.2, -0.15) is 0 Å². The quantitative estimate of drug-likeness (QED) is 0.820. The molecule has 2 heteroatoms. The van der Waals surface area contributed by atoms with Gasteiger partial charge in [0.1, 0.15) is 5.76 Å². The highest BCUT2D eigenvalue weighted by Crippen LogP contribution is 2.34. The van der Waals surface area contributed by atoms with Gasteiger partial charge in [0.05, 0.1) is 6.26 Å². The van der Waals surface area contributed by atoms with Gasteiger partial charge in [-0.3, -0.25) is 0 Å². The highest BCUT2D eigenvalue weighted by atomic mass is 16.3. The Kier molecular flexibility index (Phi) is 4.05. The molecule has 1 aromatic rings. The lowest BCUT2D eigenvalue weighted by atomic mass is 9.93. The van der Waals surface area contributed by atoms with Crippen LogP contribution in [0.2, 0.25) is 0 Å². The first-order chi connectivity index (χ1) is 7.85. The maximum Gasteiger partial charge on any atom is 0.108 e. The van der Waals surface area contributed by atoms with Crippen LogP contribution in [0, 0.1) is 5.92 Å². The summed E-state index contributed by atoms with van der Waals surface area (Å²) in [5, 5.41) is 3.45. The molecule has 0 saturated heterocycles. The number of nitrogens with one attached hydrogen (secondary N) is 1. The van der Waals surface area contributed by atoms with Gasteiger partial charge in [0, 0.05) is 18.0 Å². The molecule has 1 saturated carbocycles. The molecule has 1 fully saturated rings. The summed E-state index contributed by atoms with van der Waals surface area (Å²) in [5.41, 5.74) is 1.37. The molecular formula is C14H23NO. The van der Waals surface area contributed by atoms with Gasteiger partial charge in [-0.1, -0.05) is 32.6 Å². The average Bonchev–Trinajstić information content (AvgIpc) is 2.96. The Morgan fingerprint density at radius 1 is 1.44 bits per heavy atom. The van der Waals surface area contributed by atoms with Crippen molar-refractivity contribution in [2.45, 2.75) is 51.5 Å². The van der Waals surface area contributed by atoms with E-state index in [9.17, 15) is 0 Å². The van der Waals surface area contributed by atoms with Gasteiger partial charge in [-0.05, 0) is 25.5 Å². The van der Waals surface area contributed by atoms with Gasteiger partial charge < -0.3 is 9.73 Å². The van der Waals surface area contributed by atoms with E-state index in [4.69, 9.17) is 4.42 Å². The summed E-state index contributed by atoms with van der Waals surface area (Å²) < 4.78 is 5.52. The lowest BCUT2D eigenvalue weighted by molar-refractivity contribution is 0.405. The Morgan fingerprint density at radius 2 is 2.19 bits per heavy atom. The first-order valence-electron chi connectivity index (χ1n) is 6.58. The van der Waals surface area contributed by atoms with Crippen LogP contribution >= 0.6 is 0 Å². The second-order valence-electron chi connectivity index (χ2n) is 4.88.